The molecule has 0 saturated carbocycles. The van der Waals surface area contributed by atoms with Gasteiger partial charge in [0.2, 0.25) is 5.89 Å². The van der Waals surface area contributed by atoms with E-state index in [1.165, 1.54) is 6.07 Å². The highest BCUT2D eigenvalue weighted by Crippen LogP contribution is 2.21. The quantitative estimate of drug-likeness (QED) is 0.537. The van der Waals surface area contributed by atoms with Crippen LogP contribution in [0, 0.1) is 21.1 Å². The van der Waals surface area contributed by atoms with Crippen LogP contribution in [0.5, 0.6) is 0 Å². The smallest absolute Gasteiger partial charge is 0.228 e. The van der Waals surface area contributed by atoms with Crippen LogP contribution in [0.2, 0.25) is 0 Å². The summed E-state index contributed by atoms with van der Waals surface area (Å²) in [6.07, 6.45) is 0.551. The van der Waals surface area contributed by atoms with Crippen molar-refractivity contribution in [2.75, 3.05) is 0 Å². The third-order valence-corrected chi connectivity index (χ3v) is 4.08. The number of H-pyrrole nitrogens is 1. The molecular weight excluding hydrogens is 394 g/mol. The first-order valence-corrected chi connectivity index (χ1v) is 7.40. The lowest BCUT2D eigenvalue weighted by molar-refractivity contribution is 0.369. The molecule has 0 unspecified atom stereocenters. The number of imidazole rings is 1. The molecule has 5 nitrogen and oxygen atoms in total. The molecule has 2 heterocycles. The molecule has 104 valence electrons. The molecule has 0 saturated heterocycles. The van der Waals surface area contributed by atoms with Crippen LogP contribution in [0.25, 0.3) is 11.0 Å². The molecule has 0 aliphatic heterocycles. The molecule has 0 radical (unpaired) electrons. The molecule has 20 heavy (non-hydrogen) atoms. The van der Waals surface area contributed by atoms with Gasteiger partial charge in [0.15, 0.2) is 10.6 Å². The van der Waals surface area contributed by atoms with E-state index in [0.717, 1.165) is 11.0 Å². The van der Waals surface area contributed by atoms with Gasteiger partial charge in [-0.05, 0) is 47.8 Å². The third kappa shape index (κ3) is 2.49. The molecule has 0 spiro atoms. The summed E-state index contributed by atoms with van der Waals surface area (Å²) in [5, 5.41) is 3.74. The number of aromatic nitrogens is 4. The number of aryl methyl sites for hydroxylation is 3. The van der Waals surface area contributed by atoms with E-state index in [-0.39, 0.29) is 5.82 Å². The summed E-state index contributed by atoms with van der Waals surface area (Å²) >= 11 is 7.23. The maximum Gasteiger partial charge on any atom is 0.228 e. The second-order valence-corrected chi connectivity index (χ2v) is 5.90. The van der Waals surface area contributed by atoms with Gasteiger partial charge in [0, 0.05) is 19.0 Å². The number of fused-ring (bicyclic) bond motifs is 1. The summed E-state index contributed by atoms with van der Waals surface area (Å²) in [7, 11) is 0. The maximum atomic E-state index is 13.7. The number of nitrogens with zero attached hydrogens (tertiary/aromatic N) is 3. The Morgan fingerprint density at radius 3 is 3.00 bits per heavy atom. The van der Waals surface area contributed by atoms with Crippen molar-refractivity contribution < 1.29 is 8.91 Å². The minimum Gasteiger partial charge on any atom is -0.339 e. The predicted molar refractivity (Wildman–Crippen MR) is 82.5 cm³/mol. The predicted octanol–water partition coefficient (Wildman–Crippen LogP) is 3.38. The van der Waals surface area contributed by atoms with Gasteiger partial charge in [-0.2, -0.15) is 4.98 Å². The van der Waals surface area contributed by atoms with Crippen molar-refractivity contribution in [1.29, 1.82) is 0 Å². The van der Waals surface area contributed by atoms with Crippen molar-refractivity contribution >= 4 is 45.8 Å². The Balaban J connectivity index is 1.96. The normalized spacial score (nSPS) is 11.3. The first kappa shape index (κ1) is 13.7. The number of rotatable bonds is 3. The van der Waals surface area contributed by atoms with Crippen LogP contribution in [0.15, 0.2) is 16.7 Å². The SMILES string of the molecule is Cc1noc(CCn2c(=S)[nH]c3cc(I)c(F)cc32)n1. The van der Waals surface area contributed by atoms with E-state index in [2.05, 4.69) is 15.1 Å². The Hall–Kier alpha value is -1.29. The molecule has 0 atom stereocenters. The Bertz CT molecular complexity index is 838. The second kappa shape index (κ2) is 5.24. The summed E-state index contributed by atoms with van der Waals surface area (Å²) in [5.41, 5.74) is 1.56. The van der Waals surface area contributed by atoms with Crippen LogP contribution in [0.3, 0.4) is 0 Å². The third-order valence-electron chi connectivity index (χ3n) is 2.94. The topological polar surface area (TPSA) is 59.6 Å². The number of benzene rings is 1. The molecule has 0 aliphatic carbocycles. The van der Waals surface area contributed by atoms with E-state index in [9.17, 15) is 4.39 Å². The second-order valence-electron chi connectivity index (χ2n) is 4.35. The van der Waals surface area contributed by atoms with Crippen LogP contribution in [-0.4, -0.2) is 19.7 Å². The lowest BCUT2D eigenvalue weighted by Gasteiger charge is -2.02. The number of hydrogen-bond acceptors (Lipinski definition) is 4. The number of aromatic amines is 1. The molecular formula is C12H10FIN4OS. The van der Waals surface area contributed by atoms with Crippen molar-refractivity contribution in [2.24, 2.45) is 0 Å². The van der Waals surface area contributed by atoms with Crippen molar-refractivity contribution in [3.8, 4) is 0 Å². The Morgan fingerprint density at radius 2 is 2.30 bits per heavy atom. The Kier molecular flexibility index (Phi) is 3.59. The van der Waals surface area contributed by atoms with Crippen molar-refractivity contribution in [3.05, 3.63) is 38.0 Å². The van der Waals surface area contributed by atoms with E-state index in [1.807, 2.05) is 27.2 Å². The minimum absolute atomic E-state index is 0.255. The van der Waals surface area contributed by atoms with E-state index in [1.54, 1.807) is 13.0 Å². The van der Waals surface area contributed by atoms with E-state index in [4.69, 9.17) is 16.7 Å². The Labute approximate surface area is 132 Å². The molecule has 0 aliphatic rings. The summed E-state index contributed by atoms with van der Waals surface area (Å²) in [6.45, 7) is 2.32. The molecule has 3 aromatic rings. The average Bonchev–Trinajstić information content (AvgIpc) is 2.92. The summed E-state index contributed by atoms with van der Waals surface area (Å²) < 4.78 is 21.7. The van der Waals surface area contributed by atoms with Gasteiger partial charge in [0.05, 0.1) is 14.6 Å². The van der Waals surface area contributed by atoms with E-state index < -0.39 is 0 Å². The molecule has 1 aromatic carbocycles. The first-order valence-electron chi connectivity index (χ1n) is 5.91. The van der Waals surface area contributed by atoms with Crippen LogP contribution < -0.4 is 0 Å². The zero-order chi connectivity index (χ0) is 14.3. The van der Waals surface area contributed by atoms with Crippen molar-refractivity contribution in [3.63, 3.8) is 0 Å². The van der Waals surface area contributed by atoms with Crippen LogP contribution >= 0.6 is 34.8 Å². The van der Waals surface area contributed by atoms with Crippen LogP contribution in [0.4, 0.5) is 4.39 Å². The molecule has 3 rings (SSSR count). The highest BCUT2D eigenvalue weighted by Gasteiger charge is 2.10. The fourth-order valence-corrected chi connectivity index (χ4v) is 2.79. The van der Waals surface area contributed by atoms with Gasteiger partial charge >= 0.3 is 0 Å². The van der Waals surface area contributed by atoms with Gasteiger partial charge in [-0.25, -0.2) is 4.39 Å². The fourth-order valence-electron chi connectivity index (χ4n) is 2.02. The monoisotopic (exact) mass is 404 g/mol. The van der Waals surface area contributed by atoms with Gasteiger partial charge in [-0.1, -0.05) is 5.16 Å². The molecule has 2 aromatic heterocycles. The summed E-state index contributed by atoms with van der Waals surface area (Å²) in [5.74, 6) is 0.891. The number of nitrogens with one attached hydrogen (secondary N) is 1. The number of halogens is 2. The zero-order valence-electron chi connectivity index (χ0n) is 10.5. The lowest BCUT2D eigenvalue weighted by atomic mass is 10.3. The van der Waals surface area contributed by atoms with Gasteiger partial charge in [-0.15, -0.1) is 0 Å². The average molecular weight is 404 g/mol. The van der Waals surface area contributed by atoms with Gasteiger partial charge in [0.25, 0.3) is 0 Å². The molecule has 1 N–H and O–H groups in total. The van der Waals surface area contributed by atoms with Crippen molar-refractivity contribution in [2.45, 2.75) is 19.9 Å². The van der Waals surface area contributed by atoms with Gasteiger partial charge in [0.1, 0.15) is 5.82 Å². The van der Waals surface area contributed by atoms with Gasteiger partial charge in [-0.3, -0.25) is 0 Å². The highest BCUT2D eigenvalue weighted by molar-refractivity contribution is 14.1. The summed E-state index contributed by atoms with van der Waals surface area (Å²) in [6, 6.07) is 3.23. The summed E-state index contributed by atoms with van der Waals surface area (Å²) in [4.78, 5) is 7.22. The number of hydrogen-bond donors (Lipinski definition) is 1. The van der Waals surface area contributed by atoms with E-state index >= 15 is 0 Å². The lowest BCUT2D eigenvalue weighted by Crippen LogP contribution is -2.02. The fraction of sp³-hybridized carbons (Fsp3) is 0.250. The largest absolute Gasteiger partial charge is 0.339 e. The van der Waals surface area contributed by atoms with Crippen LogP contribution in [0.1, 0.15) is 11.7 Å². The van der Waals surface area contributed by atoms with Gasteiger partial charge < -0.3 is 14.1 Å². The molecule has 0 bridgehead atoms. The molecule has 0 amide bonds. The highest BCUT2D eigenvalue weighted by atomic mass is 127. The molecule has 0 fully saturated rings. The molecule has 8 heteroatoms. The zero-order valence-corrected chi connectivity index (χ0v) is 13.5. The first-order chi connectivity index (χ1) is 9.54. The Morgan fingerprint density at radius 1 is 1.50 bits per heavy atom. The minimum atomic E-state index is -0.255. The standard InChI is InChI=1S/C12H10FIN4OS/c1-6-15-11(19-17-6)2-3-18-10-4-7(13)8(14)5-9(10)16-12(18)20/h4-5H,2-3H2,1H3,(H,16,20). The van der Waals surface area contributed by atoms with E-state index in [0.29, 0.717) is 33.0 Å². The van der Waals surface area contributed by atoms with Crippen LogP contribution in [-0.2, 0) is 13.0 Å². The van der Waals surface area contributed by atoms with Crippen molar-refractivity contribution in [1.82, 2.24) is 19.7 Å². The maximum absolute atomic E-state index is 13.7.